The molecule has 0 spiro atoms. The van der Waals surface area contributed by atoms with Gasteiger partial charge in [-0.05, 0) is 36.8 Å². The third-order valence-corrected chi connectivity index (χ3v) is 4.31. The number of benzene rings is 1. The average molecular weight is 262 g/mol. The molecule has 0 atom stereocenters. The van der Waals surface area contributed by atoms with Crippen molar-refractivity contribution in [2.24, 2.45) is 5.41 Å². The largest absolute Gasteiger partial charge is 0.465 e. The third-order valence-electron chi connectivity index (χ3n) is 4.31. The van der Waals surface area contributed by atoms with Crippen molar-refractivity contribution in [3.63, 3.8) is 0 Å². The van der Waals surface area contributed by atoms with Gasteiger partial charge in [-0.25, -0.2) is 4.79 Å². The predicted molar refractivity (Wildman–Crippen MR) is 77.3 cm³/mol. The van der Waals surface area contributed by atoms with Crippen molar-refractivity contribution >= 4 is 17.3 Å². The number of hydrogen-bond donors (Lipinski definition) is 2. The molecular weight excluding hydrogens is 240 g/mol. The molecule has 1 fully saturated rings. The molecule has 0 heterocycles. The molecule has 1 aromatic rings. The van der Waals surface area contributed by atoms with Gasteiger partial charge in [0.15, 0.2) is 0 Å². The van der Waals surface area contributed by atoms with E-state index in [4.69, 9.17) is 10.5 Å². The van der Waals surface area contributed by atoms with Crippen molar-refractivity contribution in [3.8, 4) is 0 Å². The fraction of sp³-hybridized carbons (Fsp3) is 0.533. The molecule has 0 aromatic heterocycles. The number of anilines is 2. The first kappa shape index (κ1) is 13.7. The van der Waals surface area contributed by atoms with Crippen LogP contribution in [0.3, 0.4) is 0 Å². The normalized spacial score (nSPS) is 16.5. The average Bonchev–Trinajstić information content (AvgIpc) is 2.38. The van der Waals surface area contributed by atoms with Crippen LogP contribution in [0.2, 0.25) is 0 Å². The third kappa shape index (κ3) is 2.67. The SMILES string of the molecule is CCC1(CNc2c(N)cccc2C(=O)OC)CCC1. The summed E-state index contributed by atoms with van der Waals surface area (Å²) in [5.41, 5.74) is 8.15. The minimum absolute atomic E-state index is 0.353. The standard InChI is InChI=1S/C15H22N2O2/c1-3-15(8-5-9-15)10-17-13-11(14(18)19-2)6-4-7-12(13)16/h4,6-7,17H,3,5,8-10,16H2,1-2H3. The van der Waals surface area contributed by atoms with E-state index in [-0.39, 0.29) is 5.97 Å². The Morgan fingerprint density at radius 3 is 2.74 bits per heavy atom. The molecule has 19 heavy (non-hydrogen) atoms. The Hall–Kier alpha value is -1.71. The Labute approximate surface area is 114 Å². The highest BCUT2D eigenvalue weighted by atomic mass is 16.5. The fourth-order valence-electron chi connectivity index (χ4n) is 2.66. The number of esters is 1. The molecule has 104 valence electrons. The van der Waals surface area contributed by atoms with Crippen molar-refractivity contribution in [3.05, 3.63) is 23.8 Å². The second kappa shape index (κ2) is 5.51. The molecule has 0 saturated heterocycles. The summed E-state index contributed by atoms with van der Waals surface area (Å²) < 4.78 is 4.80. The molecule has 1 aromatic carbocycles. The summed E-state index contributed by atoms with van der Waals surface area (Å²) in [5, 5.41) is 3.36. The van der Waals surface area contributed by atoms with Gasteiger partial charge in [-0.15, -0.1) is 0 Å². The van der Waals surface area contributed by atoms with Crippen LogP contribution in [0.1, 0.15) is 43.0 Å². The second-order valence-corrected chi connectivity index (χ2v) is 5.32. The predicted octanol–water partition coefficient (Wildman–Crippen LogP) is 3.05. The molecular formula is C15H22N2O2. The Balaban J connectivity index is 2.17. The highest BCUT2D eigenvalue weighted by Gasteiger charge is 2.35. The van der Waals surface area contributed by atoms with Crippen molar-refractivity contribution in [2.75, 3.05) is 24.7 Å². The summed E-state index contributed by atoms with van der Waals surface area (Å²) in [6.07, 6.45) is 4.94. The maximum Gasteiger partial charge on any atom is 0.340 e. The number of nitrogens with one attached hydrogen (secondary N) is 1. The lowest BCUT2D eigenvalue weighted by Crippen LogP contribution is -2.36. The van der Waals surface area contributed by atoms with Crippen LogP contribution in [0.4, 0.5) is 11.4 Å². The van der Waals surface area contributed by atoms with Crippen LogP contribution in [0.5, 0.6) is 0 Å². The lowest BCUT2D eigenvalue weighted by Gasteiger charge is -2.41. The van der Waals surface area contributed by atoms with Gasteiger partial charge in [0.05, 0.1) is 24.0 Å². The topological polar surface area (TPSA) is 64.3 Å². The van der Waals surface area contributed by atoms with Gasteiger partial charge in [-0.1, -0.05) is 19.4 Å². The molecule has 0 radical (unpaired) electrons. The van der Waals surface area contributed by atoms with E-state index in [9.17, 15) is 4.79 Å². The fourth-order valence-corrected chi connectivity index (χ4v) is 2.66. The lowest BCUT2D eigenvalue weighted by atomic mass is 9.67. The number of hydrogen-bond acceptors (Lipinski definition) is 4. The van der Waals surface area contributed by atoms with Crippen molar-refractivity contribution < 1.29 is 9.53 Å². The van der Waals surface area contributed by atoms with Gasteiger partial charge in [-0.3, -0.25) is 0 Å². The summed E-state index contributed by atoms with van der Waals surface area (Å²) in [6.45, 7) is 3.08. The van der Waals surface area contributed by atoms with Crippen LogP contribution in [0, 0.1) is 5.41 Å². The van der Waals surface area contributed by atoms with E-state index in [0.717, 1.165) is 13.0 Å². The molecule has 3 N–H and O–H groups in total. The molecule has 2 rings (SSSR count). The highest BCUT2D eigenvalue weighted by Crippen LogP contribution is 2.44. The summed E-state index contributed by atoms with van der Waals surface area (Å²) >= 11 is 0. The monoisotopic (exact) mass is 262 g/mol. The van der Waals surface area contributed by atoms with Crippen molar-refractivity contribution in [1.29, 1.82) is 0 Å². The van der Waals surface area contributed by atoms with E-state index >= 15 is 0 Å². The number of ether oxygens (including phenoxy) is 1. The highest BCUT2D eigenvalue weighted by molar-refractivity contribution is 5.98. The number of rotatable bonds is 5. The number of carbonyl (C=O) groups excluding carboxylic acids is 1. The van der Waals surface area contributed by atoms with Crippen molar-refractivity contribution in [2.45, 2.75) is 32.6 Å². The van der Waals surface area contributed by atoms with Gasteiger partial charge in [0.2, 0.25) is 0 Å². The summed E-state index contributed by atoms with van der Waals surface area (Å²) in [7, 11) is 1.38. The maximum absolute atomic E-state index is 11.7. The number of carbonyl (C=O) groups is 1. The minimum Gasteiger partial charge on any atom is -0.465 e. The zero-order valence-electron chi connectivity index (χ0n) is 11.7. The molecule has 4 heteroatoms. The number of nitrogen functional groups attached to an aromatic ring is 1. The molecule has 4 nitrogen and oxygen atoms in total. The molecule has 0 bridgehead atoms. The lowest BCUT2D eigenvalue weighted by molar-refractivity contribution is 0.0601. The van der Waals surface area contributed by atoms with Crippen molar-refractivity contribution in [1.82, 2.24) is 0 Å². The molecule has 1 aliphatic carbocycles. The Kier molecular flexibility index (Phi) is 3.98. The van der Waals surface area contributed by atoms with Crippen LogP contribution in [0.25, 0.3) is 0 Å². The Bertz CT molecular complexity index is 462. The molecule has 1 saturated carbocycles. The molecule has 1 aliphatic rings. The zero-order chi connectivity index (χ0) is 13.9. The van der Waals surface area contributed by atoms with Crippen LogP contribution < -0.4 is 11.1 Å². The van der Waals surface area contributed by atoms with Crippen LogP contribution in [-0.2, 0) is 4.74 Å². The van der Waals surface area contributed by atoms with Gasteiger partial charge in [0, 0.05) is 6.54 Å². The summed E-state index contributed by atoms with van der Waals surface area (Å²) in [5.74, 6) is -0.353. The molecule has 0 aliphatic heterocycles. The number of nitrogens with two attached hydrogens (primary N) is 1. The second-order valence-electron chi connectivity index (χ2n) is 5.32. The first-order valence-electron chi connectivity index (χ1n) is 6.82. The van der Waals surface area contributed by atoms with Crippen LogP contribution in [-0.4, -0.2) is 19.6 Å². The van der Waals surface area contributed by atoms with Crippen LogP contribution in [0.15, 0.2) is 18.2 Å². The van der Waals surface area contributed by atoms with Gasteiger partial charge >= 0.3 is 5.97 Å². The van der Waals surface area contributed by atoms with Gasteiger partial charge in [-0.2, -0.15) is 0 Å². The first-order chi connectivity index (χ1) is 9.12. The zero-order valence-corrected chi connectivity index (χ0v) is 11.7. The maximum atomic E-state index is 11.7. The first-order valence-corrected chi connectivity index (χ1v) is 6.82. The van der Waals surface area contributed by atoms with Gasteiger partial charge < -0.3 is 15.8 Å². The Morgan fingerprint density at radius 1 is 1.47 bits per heavy atom. The molecule has 0 amide bonds. The van der Waals surface area contributed by atoms with Gasteiger partial charge in [0.25, 0.3) is 0 Å². The quantitative estimate of drug-likeness (QED) is 0.632. The molecule has 0 unspecified atom stereocenters. The minimum atomic E-state index is -0.353. The van der Waals surface area contributed by atoms with E-state index in [1.165, 1.54) is 26.4 Å². The summed E-state index contributed by atoms with van der Waals surface area (Å²) in [4.78, 5) is 11.7. The Morgan fingerprint density at radius 2 is 2.21 bits per heavy atom. The summed E-state index contributed by atoms with van der Waals surface area (Å²) in [6, 6.07) is 5.31. The van der Waals surface area contributed by atoms with Crippen LogP contribution >= 0.6 is 0 Å². The van der Waals surface area contributed by atoms with E-state index < -0.39 is 0 Å². The van der Waals surface area contributed by atoms with E-state index in [2.05, 4.69) is 12.2 Å². The van der Waals surface area contributed by atoms with E-state index in [1.807, 2.05) is 0 Å². The number of para-hydroxylation sites is 1. The van der Waals surface area contributed by atoms with E-state index in [0.29, 0.717) is 22.4 Å². The number of methoxy groups -OCH3 is 1. The smallest absolute Gasteiger partial charge is 0.340 e. The van der Waals surface area contributed by atoms with E-state index in [1.54, 1.807) is 18.2 Å². The van der Waals surface area contributed by atoms with Gasteiger partial charge in [0.1, 0.15) is 0 Å².